The minimum absolute atomic E-state index is 0.0696. The molecule has 144 valence electrons. The third-order valence-corrected chi connectivity index (χ3v) is 8.04. The summed E-state index contributed by atoms with van der Waals surface area (Å²) >= 11 is 6.07. The molecule has 5 nitrogen and oxygen atoms in total. The van der Waals surface area contributed by atoms with E-state index in [0.717, 1.165) is 25.8 Å². The van der Waals surface area contributed by atoms with Gasteiger partial charge in [-0.3, -0.25) is 4.79 Å². The lowest BCUT2D eigenvalue weighted by atomic mass is 9.92. The van der Waals surface area contributed by atoms with Crippen LogP contribution in [0.4, 0.5) is 0 Å². The summed E-state index contributed by atoms with van der Waals surface area (Å²) in [7, 11) is -3.61. The summed E-state index contributed by atoms with van der Waals surface area (Å²) in [5, 5.41) is 0.241. The van der Waals surface area contributed by atoms with Gasteiger partial charge in [0, 0.05) is 31.6 Å². The molecule has 1 amide bonds. The molecule has 0 spiro atoms. The molecule has 0 aromatic heterocycles. The number of carbonyl (C=O) groups excluding carboxylic acids is 1. The zero-order valence-corrected chi connectivity index (χ0v) is 16.8. The molecule has 2 fully saturated rings. The van der Waals surface area contributed by atoms with Gasteiger partial charge in [-0.25, -0.2) is 8.42 Å². The first kappa shape index (κ1) is 19.6. The molecule has 0 N–H and O–H groups in total. The molecule has 2 aliphatic rings. The summed E-state index contributed by atoms with van der Waals surface area (Å²) in [5.74, 6) is 0.145. The fourth-order valence-electron chi connectivity index (χ4n) is 4.09. The monoisotopic (exact) mass is 398 g/mol. The van der Waals surface area contributed by atoms with Crippen molar-refractivity contribution in [1.82, 2.24) is 9.21 Å². The summed E-state index contributed by atoms with van der Waals surface area (Å²) < 4.78 is 27.1. The topological polar surface area (TPSA) is 57.7 Å². The average Bonchev–Trinajstić information content (AvgIpc) is 2.67. The second-order valence-corrected chi connectivity index (χ2v) is 9.51. The molecule has 0 bridgehead atoms. The van der Waals surface area contributed by atoms with Crippen LogP contribution in [-0.2, 0) is 14.8 Å². The molecule has 0 radical (unpaired) electrons. The Morgan fingerprint density at radius 1 is 1.12 bits per heavy atom. The highest BCUT2D eigenvalue weighted by atomic mass is 35.5. The molecule has 2 aliphatic heterocycles. The molecule has 0 aliphatic carbocycles. The zero-order chi connectivity index (χ0) is 18.7. The van der Waals surface area contributed by atoms with E-state index in [2.05, 4.69) is 6.92 Å². The van der Waals surface area contributed by atoms with E-state index in [1.165, 1.54) is 16.8 Å². The quantitative estimate of drug-likeness (QED) is 0.779. The van der Waals surface area contributed by atoms with E-state index >= 15 is 0 Å². The van der Waals surface area contributed by atoms with Gasteiger partial charge in [0.25, 0.3) is 0 Å². The molecule has 1 unspecified atom stereocenters. The lowest BCUT2D eigenvalue weighted by molar-refractivity contribution is -0.140. The summed E-state index contributed by atoms with van der Waals surface area (Å²) in [5.41, 5.74) is 0. The van der Waals surface area contributed by atoms with Crippen molar-refractivity contribution in [3.05, 3.63) is 29.3 Å². The smallest absolute Gasteiger partial charge is 0.244 e. The number of nitrogens with zero attached hydrogens (tertiary/aromatic N) is 2. The normalized spacial score (nSPS) is 23.2. The van der Waals surface area contributed by atoms with Gasteiger partial charge in [0.15, 0.2) is 0 Å². The van der Waals surface area contributed by atoms with E-state index in [1.807, 2.05) is 4.90 Å². The molecule has 1 aromatic carbocycles. The van der Waals surface area contributed by atoms with Crippen molar-refractivity contribution in [2.45, 2.75) is 56.4 Å². The number of benzene rings is 1. The molecule has 0 saturated carbocycles. The maximum atomic E-state index is 12.9. The predicted octanol–water partition coefficient (Wildman–Crippen LogP) is 3.53. The Labute approximate surface area is 161 Å². The Bertz CT molecular complexity index is 745. The average molecular weight is 399 g/mol. The van der Waals surface area contributed by atoms with E-state index in [9.17, 15) is 13.2 Å². The van der Waals surface area contributed by atoms with Gasteiger partial charge in [0.2, 0.25) is 15.9 Å². The van der Waals surface area contributed by atoms with Crippen LogP contribution in [0.25, 0.3) is 0 Å². The number of sulfonamides is 1. The Hall–Kier alpha value is -1.11. The van der Waals surface area contributed by atoms with E-state index in [4.69, 9.17) is 11.6 Å². The van der Waals surface area contributed by atoms with Crippen molar-refractivity contribution >= 4 is 27.5 Å². The number of carbonyl (C=O) groups is 1. The highest BCUT2D eigenvalue weighted by Gasteiger charge is 2.36. The Morgan fingerprint density at radius 3 is 2.46 bits per heavy atom. The fraction of sp³-hybridized carbons (Fsp3) is 0.632. The van der Waals surface area contributed by atoms with Gasteiger partial charge < -0.3 is 4.90 Å². The predicted molar refractivity (Wildman–Crippen MR) is 103 cm³/mol. The van der Waals surface area contributed by atoms with Crippen LogP contribution >= 0.6 is 11.6 Å². The van der Waals surface area contributed by atoms with Crippen molar-refractivity contribution in [3.63, 3.8) is 0 Å². The van der Waals surface area contributed by atoms with Crippen LogP contribution in [0.15, 0.2) is 29.2 Å². The van der Waals surface area contributed by atoms with Crippen molar-refractivity contribution in [2.75, 3.05) is 19.6 Å². The molecule has 26 heavy (non-hydrogen) atoms. The summed E-state index contributed by atoms with van der Waals surface area (Å²) in [6, 6.07) is 6.87. The highest BCUT2D eigenvalue weighted by molar-refractivity contribution is 7.89. The van der Waals surface area contributed by atoms with Gasteiger partial charge in [0.1, 0.15) is 4.90 Å². The summed E-state index contributed by atoms with van der Waals surface area (Å²) in [6.07, 6.45) is 5.50. The number of piperidine rings is 2. The van der Waals surface area contributed by atoms with Crippen LogP contribution in [0, 0.1) is 5.92 Å². The van der Waals surface area contributed by atoms with Crippen LogP contribution < -0.4 is 0 Å². The number of likely N-dealkylation sites (tertiary alicyclic amines) is 1. The van der Waals surface area contributed by atoms with E-state index < -0.39 is 10.0 Å². The Morgan fingerprint density at radius 2 is 1.81 bits per heavy atom. The lowest BCUT2D eigenvalue weighted by Crippen LogP contribution is -2.49. The molecule has 3 rings (SSSR count). The molecule has 2 heterocycles. The summed E-state index contributed by atoms with van der Waals surface area (Å²) in [6.45, 7) is 3.72. The van der Waals surface area contributed by atoms with Gasteiger partial charge in [-0.2, -0.15) is 4.31 Å². The number of halogens is 1. The van der Waals surface area contributed by atoms with Crippen molar-refractivity contribution < 1.29 is 13.2 Å². The number of amides is 1. The van der Waals surface area contributed by atoms with E-state index in [0.29, 0.717) is 32.0 Å². The molecule has 7 heteroatoms. The van der Waals surface area contributed by atoms with Crippen LogP contribution in [0.1, 0.15) is 45.4 Å². The van der Waals surface area contributed by atoms with Gasteiger partial charge >= 0.3 is 0 Å². The second kappa shape index (κ2) is 8.28. The maximum Gasteiger partial charge on any atom is 0.244 e. The standard InChI is InChI=1S/C19H27ClN2O3S/c1-2-16-7-5-6-12-22(16)19(23)15-10-13-21(14-11-15)26(24,25)18-9-4-3-8-17(18)20/h3-4,8-9,15-16H,2,5-7,10-14H2,1H3. The van der Waals surface area contributed by atoms with Gasteiger partial charge in [-0.05, 0) is 50.7 Å². The first-order valence-corrected chi connectivity index (χ1v) is 11.3. The number of hydrogen-bond acceptors (Lipinski definition) is 3. The minimum Gasteiger partial charge on any atom is -0.339 e. The Balaban J connectivity index is 1.65. The Kier molecular flexibility index (Phi) is 6.25. The SMILES string of the molecule is CCC1CCCCN1C(=O)C1CCN(S(=O)(=O)c2ccccc2Cl)CC1. The van der Waals surface area contributed by atoms with Crippen LogP contribution in [0.3, 0.4) is 0 Å². The molecular formula is C19H27ClN2O3S. The largest absolute Gasteiger partial charge is 0.339 e. The molecule has 1 atom stereocenters. The second-order valence-electron chi connectivity index (χ2n) is 7.20. The minimum atomic E-state index is -3.61. The molecular weight excluding hydrogens is 372 g/mol. The first-order valence-electron chi connectivity index (χ1n) is 9.50. The van der Waals surface area contributed by atoms with Gasteiger partial charge in [-0.1, -0.05) is 30.7 Å². The van der Waals surface area contributed by atoms with E-state index in [1.54, 1.807) is 18.2 Å². The van der Waals surface area contributed by atoms with Crippen LogP contribution in [-0.4, -0.2) is 49.2 Å². The summed E-state index contributed by atoms with van der Waals surface area (Å²) in [4.78, 5) is 15.1. The van der Waals surface area contributed by atoms with Crippen molar-refractivity contribution in [1.29, 1.82) is 0 Å². The third kappa shape index (κ3) is 3.92. The third-order valence-electron chi connectivity index (χ3n) is 5.64. The van der Waals surface area contributed by atoms with Gasteiger partial charge in [-0.15, -0.1) is 0 Å². The van der Waals surface area contributed by atoms with Crippen LogP contribution in [0.5, 0.6) is 0 Å². The van der Waals surface area contributed by atoms with Gasteiger partial charge in [0.05, 0.1) is 5.02 Å². The number of rotatable bonds is 4. The number of hydrogen-bond donors (Lipinski definition) is 0. The maximum absolute atomic E-state index is 12.9. The van der Waals surface area contributed by atoms with E-state index in [-0.39, 0.29) is 21.7 Å². The van der Waals surface area contributed by atoms with Crippen molar-refractivity contribution in [2.24, 2.45) is 5.92 Å². The van der Waals surface area contributed by atoms with Crippen molar-refractivity contribution in [3.8, 4) is 0 Å². The molecule has 2 saturated heterocycles. The zero-order valence-electron chi connectivity index (χ0n) is 15.2. The fourth-order valence-corrected chi connectivity index (χ4v) is 6.05. The molecule has 1 aromatic rings. The highest BCUT2D eigenvalue weighted by Crippen LogP contribution is 2.30. The van der Waals surface area contributed by atoms with Crippen LogP contribution in [0.2, 0.25) is 5.02 Å². The lowest BCUT2D eigenvalue weighted by Gasteiger charge is -2.39. The first-order chi connectivity index (χ1) is 12.4.